The van der Waals surface area contributed by atoms with Crippen LogP contribution in [0, 0.1) is 13.8 Å². The normalized spacial score (nSPS) is 14.5. The minimum absolute atomic E-state index is 0. The second kappa shape index (κ2) is 11.7. The largest absolute Gasteiger partial charge is 0.327 e. The Hall–Kier alpha value is -4.06. The quantitative estimate of drug-likeness (QED) is 0.326. The number of fused-ring (bicyclic) bond motifs is 2. The highest BCUT2D eigenvalue weighted by molar-refractivity contribution is 6.04. The Bertz CT molecular complexity index is 1690. The van der Waals surface area contributed by atoms with Crippen molar-refractivity contribution < 1.29 is 9.59 Å². The summed E-state index contributed by atoms with van der Waals surface area (Å²) in [6, 6.07) is 5.79. The third-order valence-corrected chi connectivity index (χ3v) is 8.32. The molecule has 4 aromatic rings. The number of likely N-dealkylation sites (N-methyl/N-ethyl adjacent to an activating group) is 1. The van der Waals surface area contributed by atoms with Crippen LogP contribution in [0.2, 0.25) is 0 Å². The number of amides is 2. The average Bonchev–Trinajstić information content (AvgIpc) is 3.47. The smallest absolute Gasteiger partial charge is 0.291 e. The van der Waals surface area contributed by atoms with Crippen molar-refractivity contribution in [3.8, 4) is 11.1 Å². The van der Waals surface area contributed by atoms with Crippen LogP contribution >= 0.6 is 12.4 Å². The Morgan fingerprint density at radius 1 is 0.833 bits per heavy atom. The molecule has 2 aliphatic rings. The van der Waals surface area contributed by atoms with Gasteiger partial charge in [-0.25, -0.2) is 9.97 Å². The molecule has 0 saturated carbocycles. The van der Waals surface area contributed by atoms with Crippen LogP contribution in [0.5, 0.6) is 0 Å². The lowest BCUT2D eigenvalue weighted by Gasteiger charge is -2.21. The van der Waals surface area contributed by atoms with Crippen LogP contribution in [-0.2, 0) is 40.0 Å². The molecule has 0 bridgehead atoms. The fraction of sp³-hybridized carbons (Fsp3) is 0.367. The lowest BCUT2D eigenvalue weighted by molar-refractivity contribution is 0.100. The maximum atomic E-state index is 13.3. The lowest BCUT2D eigenvalue weighted by Crippen LogP contribution is -2.27. The second-order valence-electron chi connectivity index (χ2n) is 10.9. The standard InChI is InChI=1S/C30H35N9O2.ClH/c1-17-19(7-6-8-21(17)35-29(40)28-34-24-16-37(3)12-10-26(24)39(28)5)20-13-32-14-22(18(20)2)36-30(41)27-33-23-15-31-11-9-25(23)38(27)4;/h6-8,13-14,31H,9-12,15-16H2,1-5H3,(H,35,40)(H,36,41);1H. The van der Waals surface area contributed by atoms with Gasteiger partial charge in [0.1, 0.15) is 0 Å². The van der Waals surface area contributed by atoms with Gasteiger partial charge < -0.3 is 30.0 Å². The average molecular weight is 590 g/mol. The van der Waals surface area contributed by atoms with Crippen molar-refractivity contribution in [3.63, 3.8) is 0 Å². The molecule has 11 nitrogen and oxygen atoms in total. The van der Waals surface area contributed by atoms with Gasteiger partial charge in [-0.15, -0.1) is 12.4 Å². The summed E-state index contributed by atoms with van der Waals surface area (Å²) in [6.45, 7) is 7.16. The molecule has 3 N–H and O–H groups in total. The predicted octanol–water partition coefficient (Wildman–Crippen LogP) is 3.39. The van der Waals surface area contributed by atoms with Crippen LogP contribution in [0.3, 0.4) is 0 Å². The fourth-order valence-electron chi connectivity index (χ4n) is 5.86. The number of imidazole rings is 2. The number of hydrogen-bond acceptors (Lipinski definition) is 7. The van der Waals surface area contributed by atoms with Crippen molar-refractivity contribution in [1.82, 2.24) is 34.3 Å². The predicted molar refractivity (Wildman–Crippen MR) is 164 cm³/mol. The van der Waals surface area contributed by atoms with Crippen LogP contribution in [0.15, 0.2) is 30.6 Å². The van der Waals surface area contributed by atoms with Crippen LogP contribution in [-0.4, -0.2) is 60.9 Å². The van der Waals surface area contributed by atoms with E-state index in [1.54, 1.807) is 12.4 Å². The minimum atomic E-state index is -0.273. The fourth-order valence-corrected chi connectivity index (χ4v) is 5.86. The van der Waals surface area contributed by atoms with Gasteiger partial charge in [0.15, 0.2) is 11.6 Å². The van der Waals surface area contributed by atoms with Crippen LogP contribution in [0.25, 0.3) is 11.1 Å². The number of benzene rings is 1. The second-order valence-corrected chi connectivity index (χ2v) is 10.9. The van der Waals surface area contributed by atoms with E-state index in [0.29, 0.717) is 29.6 Å². The zero-order valence-electron chi connectivity index (χ0n) is 24.5. The highest BCUT2D eigenvalue weighted by Crippen LogP contribution is 2.33. The van der Waals surface area contributed by atoms with Gasteiger partial charge in [0.05, 0.1) is 23.3 Å². The summed E-state index contributed by atoms with van der Waals surface area (Å²) in [4.78, 5) is 42.5. The Balaban J connectivity index is 0.00000353. The summed E-state index contributed by atoms with van der Waals surface area (Å²) in [7, 11) is 5.85. The van der Waals surface area contributed by atoms with E-state index in [1.807, 2.05) is 55.3 Å². The first-order chi connectivity index (χ1) is 19.7. The third kappa shape index (κ3) is 5.19. The van der Waals surface area contributed by atoms with Gasteiger partial charge in [-0.3, -0.25) is 14.6 Å². The van der Waals surface area contributed by atoms with Gasteiger partial charge in [0, 0.05) is 82.0 Å². The molecule has 0 spiro atoms. The van der Waals surface area contributed by atoms with Gasteiger partial charge in [-0.1, -0.05) is 12.1 Å². The van der Waals surface area contributed by atoms with E-state index in [2.05, 4.69) is 42.8 Å². The van der Waals surface area contributed by atoms with Crippen LogP contribution in [0.1, 0.15) is 55.1 Å². The molecule has 2 amide bonds. The van der Waals surface area contributed by atoms with Crippen molar-refractivity contribution >= 4 is 35.6 Å². The molecule has 6 rings (SSSR count). The molecule has 2 aliphatic heterocycles. The zero-order chi connectivity index (χ0) is 28.8. The number of carbonyl (C=O) groups excluding carboxylic acids is 2. The molecule has 0 unspecified atom stereocenters. The van der Waals surface area contributed by atoms with Crippen molar-refractivity contribution in [2.75, 3.05) is 30.8 Å². The number of nitrogens with one attached hydrogen (secondary N) is 3. The van der Waals surface area contributed by atoms with Crippen molar-refractivity contribution in [2.45, 2.75) is 39.8 Å². The number of pyridine rings is 1. The number of anilines is 2. The molecule has 0 saturated heterocycles. The van der Waals surface area contributed by atoms with Gasteiger partial charge in [-0.05, 0) is 43.7 Å². The van der Waals surface area contributed by atoms with Gasteiger partial charge in [0.25, 0.3) is 11.8 Å². The summed E-state index contributed by atoms with van der Waals surface area (Å²) in [5.41, 5.74) is 8.96. The number of carbonyl (C=O) groups is 2. The molecule has 0 atom stereocenters. The van der Waals surface area contributed by atoms with E-state index >= 15 is 0 Å². The summed E-state index contributed by atoms with van der Waals surface area (Å²) < 4.78 is 3.79. The number of hydrogen-bond donors (Lipinski definition) is 3. The monoisotopic (exact) mass is 589 g/mol. The van der Waals surface area contributed by atoms with Crippen molar-refractivity contribution in [3.05, 3.63) is 76.1 Å². The van der Waals surface area contributed by atoms with Crippen molar-refractivity contribution in [2.24, 2.45) is 14.1 Å². The first kappa shape index (κ1) is 29.4. The molecule has 0 radical (unpaired) electrons. The van der Waals surface area contributed by atoms with E-state index in [4.69, 9.17) is 0 Å². The molecule has 12 heteroatoms. The van der Waals surface area contributed by atoms with E-state index in [1.165, 1.54) is 0 Å². The molecule has 42 heavy (non-hydrogen) atoms. The van der Waals surface area contributed by atoms with E-state index in [-0.39, 0.29) is 24.2 Å². The van der Waals surface area contributed by atoms with E-state index < -0.39 is 0 Å². The molecule has 1 aromatic carbocycles. The zero-order valence-corrected chi connectivity index (χ0v) is 25.4. The molecular formula is C30H36ClN9O2. The van der Waals surface area contributed by atoms with Gasteiger partial charge in [-0.2, -0.15) is 0 Å². The van der Waals surface area contributed by atoms with Gasteiger partial charge >= 0.3 is 0 Å². The summed E-state index contributed by atoms with van der Waals surface area (Å²) in [5, 5.41) is 9.39. The minimum Gasteiger partial charge on any atom is -0.327 e. The molecular weight excluding hydrogens is 554 g/mol. The molecule has 0 fully saturated rings. The summed E-state index contributed by atoms with van der Waals surface area (Å²) in [5.74, 6) is 0.274. The van der Waals surface area contributed by atoms with Crippen LogP contribution < -0.4 is 16.0 Å². The van der Waals surface area contributed by atoms with E-state index in [0.717, 1.165) is 77.5 Å². The Morgan fingerprint density at radius 3 is 2.19 bits per heavy atom. The number of halogens is 1. The first-order valence-corrected chi connectivity index (χ1v) is 13.9. The Labute approximate surface area is 251 Å². The highest BCUT2D eigenvalue weighted by atomic mass is 35.5. The molecule has 0 aliphatic carbocycles. The van der Waals surface area contributed by atoms with E-state index in [9.17, 15) is 9.59 Å². The first-order valence-electron chi connectivity index (χ1n) is 13.9. The number of nitrogens with zero attached hydrogens (tertiary/aromatic N) is 6. The third-order valence-electron chi connectivity index (χ3n) is 8.32. The summed E-state index contributed by atoms with van der Waals surface area (Å²) in [6.07, 6.45) is 5.15. The highest BCUT2D eigenvalue weighted by Gasteiger charge is 2.25. The Kier molecular flexibility index (Phi) is 8.18. The van der Waals surface area contributed by atoms with Gasteiger partial charge in [0.2, 0.25) is 0 Å². The SMILES string of the molecule is Cc1c(NC(=O)c2nc3c(n2C)CCNC3)cncc1-c1cccc(NC(=O)c2nc3c(n2C)CCN(C)C3)c1C.Cl. The topological polar surface area (TPSA) is 122 Å². The lowest BCUT2D eigenvalue weighted by atomic mass is 9.96. The van der Waals surface area contributed by atoms with Crippen molar-refractivity contribution in [1.29, 1.82) is 0 Å². The maximum absolute atomic E-state index is 13.3. The number of rotatable bonds is 5. The Morgan fingerprint density at radius 2 is 1.48 bits per heavy atom. The van der Waals surface area contributed by atoms with Crippen LogP contribution in [0.4, 0.5) is 11.4 Å². The number of aromatic nitrogens is 5. The molecule has 5 heterocycles. The molecule has 220 valence electrons. The summed E-state index contributed by atoms with van der Waals surface area (Å²) >= 11 is 0. The maximum Gasteiger partial charge on any atom is 0.291 e. The molecule has 3 aromatic heterocycles.